The van der Waals surface area contributed by atoms with Crippen LogP contribution < -0.4 is 0 Å². The van der Waals surface area contributed by atoms with Gasteiger partial charge in [-0.05, 0) is 11.6 Å². The summed E-state index contributed by atoms with van der Waals surface area (Å²) in [6, 6.07) is 9.31. The summed E-state index contributed by atoms with van der Waals surface area (Å²) in [4.78, 5) is 10.1. The normalized spacial score (nSPS) is 9.33. The monoisotopic (exact) mass is 188 g/mol. The first kappa shape index (κ1) is 11.7. The molecule has 0 aromatic heterocycles. The van der Waals surface area contributed by atoms with Crippen molar-refractivity contribution in [1.29, 1.82) is 0 Å². The fraction of sp³-hybridized carbons (Fsp3) is 0. The number of carbonyl (C=O) groups is 1. The number of carboxylic acids is 1. The molecule has 0 saturated heterocycles. The molecule has 0 aliphatic rings. The minimum atomic E-state index is -0.922. The Morgan fingerprint density at radius 2 is 1.83 bits per heavy atom. The second-order valence-electron chi connectivity index (χ2n) is 2.08. The summed E-state index contributed by atoms with van der Waals surface area (Å²) in [5.41, 5.74) is 0.898. The van der Waals surface area contributed by atoms with E-state index in [1.165, 1.54) is 0 Å². The number of carboxylic acid groups (broad SMARTS) is 1. The van der Waals surface area contributed by atoms with Crippen LogP contribution in [0.5, 0.6) is 0 Å². The van der Waals surface area contributed by atoms with Crippen molar-refractivity contribution >= 4 is 49.8 Å². The van der Waals surface area contributed by atoms with Crippen LogP contribution in [0.1, 0.15) is 5.56 Å². The zero-order valence-electron chi connectivity index (χ0n) is 6.60. The van der Waals surface area contributed by atoms with Crippen LogP contribution in [0.25, 0.3) is 6.08 Å². The van der Waals surface area contributed by atoms with E-state index in [-0.39, 0.29) is 37.7 Å². The molecule has 1 N–H and O–H groups in total. The molecule has 0 fully saturated rings. The average Bonchev–Trinajstić information content (AvgIpc) is 2.03. The number of rotatable bonds is 2. The quantitative estimate of drug-likeness (QED) is 0.562. The van der Waals surface area contributed by atoms with Gasteiger partial charge >= 0.3 is 5.97 Å². The molecule has 0 saturated carbocycles. The van der Waals surface area contributed by atoms with Gasteiger partial charge in [-0.1, -0.05) is 30.3 Å². The standard InChI is InChI=1S/C9H8O2.Ca/c10-9(11)7-6-8-4-2-1-3-5-8;/h1-7H,(H,10,11);. The molecule has 0 heterocycles. The number of aliphatic carboxylic acids is 1. The van der Waals surface area contributed by atoms with Crippen molar-refractivity contribution in [3.05, 3.63) is 42.0 Å². The van der Waals surface area contributed by atoms with Crippen molar-refractivity contribution in [2.24, 2.45) is 0 Å². The van der Waals surface area contributed by atoms with Crippen LogP contribution in [0.15, 0.2) is 36.4 Å². The van der Waals surface area contributed by atoms with Crippen LogP contribution >= 0.6 is 0 Å². The van der Waals surface area contributed by atoms with Crippen LogP contribution in [-0.4, -0.2) is 48.8 Å². The van der Waals surface area contributed by atoms with Gasteiger partial charge in [0, 0.05) is 43.8 Å². The fourth-order valence-electron chi connectivity index (χ4n) is 0.732. The molecule has 2 nitrogen and oxygen atoms in total. The molecule has 0 aliphatic heterocycles. The van der Waals surface area contributed by atoms with Crippen molar-refractivity contribution in [3.63, 3.8) is 0 Å². The van der Waals surface area contributed by atoms with Crippen molar-refractivity contribution < 1.29 is 9.90 Å². The summed E-state index contributed by atoms with van der Waals surface area (Å²) in [6.45, 7) is 0. The summed E-state index contributed by atoms with van der Waals surface area (Å²) < 4.78 is 0. The predicted octanol–water partition coefficient (Wildman–Crippen LogP) is 1.40. The zero-order chi connectivity index (χ0) is 8.10. The number of hydrogen-bond acceptors (Lipinski definition) is 1. The summed E-state index contributed by atoms with van der Waals surface area (Å²) in [5.74, 6) is -0.922. The van der Waals surface area contributed by atoms with E-state index in [9.17, 15) is 4.79 Å². The average molecular weight is 188 g/mol. The van der Waals surface area contributed by atoms with E-state index in [4.69, 9.17) is 5.11 Å². The maximum absolute atomic E-state index is 10.1. The topological polar surface area (TPSA) is 37.3 Å². The van der Waals surface area contributed by atoms with Crippen LogP contribution in [0.3, 0.4) is 0 Å². The molecule has 3 heteroatoms. The molecule has 58 valence electrons. The smallest absolute Gasteiger partial charge is 0.328 e. The van der Waals surface area contributed by atoms with Gasteiger partial charge in [-0.3, -0.25) is 0 Å². The third-order valence-corrected chi connectivity index (χ3v) is 1.22. The first-order valence-corrected chi connectivity index (χ1v) is 3.25. The van der Waals surface area contributed by atoms with E-state index < -0.39 is 5.97 Å². The molecular weight excluding hydrogens is 180 g/mol. The first-order valence-electron chi connectivity index (χ1n) is 3.25. The van der Waals surface area contributed by atoms with Gasteiger partial charge in [0.25, 0.3) is 0 Å². The SMILES string of the molecule is O=C(O)C=Cc1ccccc1.[Ca]. The molecule has 0 amide bonds. The Labute approximate surface area is 101 Å². The van der Waals surface area contributed by atoms with Gasteiger partial charge in [0.1, 0.15) is 0 Å². The van der Waals surface area contributed by atoms with Gasteiger partial charge in [-0.25, -0.2) is 4.79 Å². The Balaban J connectivity index is 0.00000121. The summed E-state index contributed by atoms with van der Waals surface area (Å²) in [5, 5.41) is 8.29. The van der Waals surface area contributed by atoms with E-state index >= 15 is 0 Å². The second-order valence-corrected chi connectivity index (χ2v) is 2.08. The molecule has 0 atom stereocenters. The van der Waals surface area contributed by atoms with Crippen molar-refractivity contribution in [1.82, 2.24) is 0 Å². The Hall–Kier alpha value is -0.310. The molecule has 0 aliphatic carbocycles. The van der Waals surface area contributed by atoms with Gasteiger partial charge in [-0.15, -0.1) is 0 Å². The van der Waals surface area contributed by atoms with E-state index in [0.717, 1.165) is 11.6 Å². The Kier molecular flexibility index (Phi) is 6.07. The van der Waals surface area contributed by atoms with E-state index in [2.05, 4.69) is 0 Å². The van der Waals surface area contributed by atoms with Crippen molar-refractivity contribution in [3.8, 4) is 0 Å². The molecule has 0 unspecified atom stereocenters. The molecular formula is C9H8CaO2. The van der Waals surface area contributed by atoms with Gasteiger partial charge in [0.15, 0.2) is 0 Å². The summed E-state index contributed by atoms with van der Waals surface area (Å²) in [7, 11) is 0. The first-order chi connectivity index (χ1) is 5.29. The Morgan fingerprint density at radius 3 is 2.33 bits per heavy atom. The third-order valence-electron chi connectivity index (χ3n) is 1.22. The Morgan fingerprint density at radius 1 is 1.25 bits per heavy atom. The number of benzene rings is 1. The van der Waals surface area contributed by atoms with Gasteiger partial charge in [0.2, 0.25) is 0 Å². The van der Waals surface area contributed by atoms with Crippen LogP contribution in [0, 0.1) is 0 Å². The third kappa shape index (κ3) is 4.54. The van der Waals surface area contributed by atoms with Gasteiger partial charge in [-0.2, -0.15) is 0 Å². The predicted molar refractivity (Wildman–Crippen MR) is 48.9 cm³/mol. The van der Waals surface area contributed by atoms with Crippen molar-refractivity contribution in [2.75, 3.05) is 0 Å². The maximum atomic E-state index is 10.1. The second kappa shape index (κ2) is 6.23. The van der Waals surface area contributed by atoms with Crippen molar-refractivity contribution in [2.45, 2.75) is 0 Å². The van der Waals surface area contributed by atoms with Crippen LogP contribution in [0.4, 0.5) is 0 Å². The van der Waals surface area contributed by atoms with E-state index in [0.29, 0.717) is 0 Å². The molecule has 0 spiro atoms. The minimum Gasteiger partial charge on any atom is -0.478 e. The van der Waals surface area contributed by atoms with Crippen LogP contribution in [-0.2, 0) is 4.79 Å². The fourth-order valence-corrected chi connectivity index (χ4v) is 0.732. The molecule has 1 aromatic rings. The zero-order valence-corrected chi connectivity index (χ0v) is 8.81. The summed E-state index contributed by atoms with van der Waals surface area (Å²) in [6.07, 6.45) is 2.68. The van der Waals surface area contributed by atoms with E-state index in [1.807, 2.05) is 30.3 Å². The molecule has 12 heavy (non-hydrogen) atoms. The van der Waals surface area contributed by atoms with Crippen LogP contribution in [0.2, 0.25) is 0 Å². The Bertz CT molecular complexity index is 267. The molecule has 1 rings (SSSR count). The molecule has 2 radical (unpaired) electrons. The van der Waals surface area contributed by atoms with Gasteiger partial charge < -0.3 is 5.11 Å². The van der Waals surface area contributed by atoms with Gasteiger partial charge in [0.05, 0.1) is 0 Å². The van der Waals surface area contributed by atoms with E-state index in [1.54, 1.807) is 6.08 Å². The number of hydrogen-bond donors (Lipinski definition) is 1. The molecule has 1 aromatic carbocycles. The summed E-state index contributed by atoms with van der Waals surface area (Å²) >= 11 is 0. The maximum Gasteiger partial charge on any atom is 0.328 e. The minimum absolute atomic E-state index is 0. The molecule has 0 bridgehead atoms. The largest absolute Gasteiger partial charge is 0.478 e.